The molecule has 1 amide bonds. The molecule has 184 valence electrons. The van der Waals surface area contributed by atoms with E-state index < -0.39 is 24.1 Å². The van der Waals surface area contributed by atoms with Gasteiger partial charge in [-0.2, -0.15) is 23.2 Å². The fraction of sp³-hybridized carbons (Fsp3) is 0.478. The van der Waals surface area contributed by atoms with Gasteiger partial charge in [0.05, 0.1) is 6.04 Å². The predicted molar refractivity (Wildman–Crippen MR) is 120 cm³/mol. The minimum Gasteiger partial charge on any atom is -0.363 e. The van der Waals surface area contributed by atoms with Crippen LogP contribution in [0.3, 0.4) is 0 Å². The molecular weight excluding hydrogens is 451 g/mol. The van der Waals surface area contributed by atoms with Gasteiger partial charge in [0.25, 0.3) is 5.91 Å². The maximum Gasteiger partial charge on any atom is 0.493 e. The third-order valence-electron chi connectivity index (χ3n) is 5.54. The van der Waals surface area contributed by atoms with Crippen molar-refractivity contribution in [1.82, 2.24) is 15.0 Å². The Morgan fingerprint density at radius 3 is 2.32 bits per heavy atom. The zero-order valence-electron chi connectivity index (χ0n) is 19.5. The third-order valence-corrected chi connectivity index (χ3v) is 5.54. The fourth-order valence-corrected chi connectivity index (χ4v) is 3.81. The SMILES string of the molecule is Cc1cccc(C(=O)N(OC(=O)C(F)(F)F)C2CCC(Nc3nc(C)cc(N(C)C)n3)CC2)c1. The molecule has 0 saturated heterocycles. The number of carbonyl (C=O) groups excluding carboxylic acids is 2. The number of nitrogens with one attached hydrogen (secondary N) is 1. The van der Waals surface area contributed by atoms with E-state index in [0.29, 0.717) is 36.7 Å². The number of alkyl halides is 3. The van der Waals surface area contributed by atoms with Crippen molar-refractivity contribution in [3.63, 3.8) is 0 Å². The van der Waals surface area contributed by atoms with Gasteiger partial charge in [0.15, 0.2) is 0 Å². The molecule has 8 nitrogen and oxygen atoms in total. The number of nitrogens with zero attached hydrogens (tertiary/aromatic N) is 4. The summed E-state index contributed by atoms with van der Waals surface area (Å²) in [7, 11) is 3.75. The van der Waals surface area contributed by atoms with E-state index in [1.165, 1.54) is 6.07 Å². The molecule has 3 rings (SSSR count). The van der Waals surface area contributed by atoms with Crippen molar-refractivity contribution in [1.29, 1.82) is 0 Å². The molecule has 0 bridgehead atoms. The Balaban J connectivity index is 1.72. The number of hydrogen-bond acceptors (Lipinski definition) is 7. The Morgan fingerprint density at radius 2 is 1.74 bits per heavy atom. The van der Waals surface area contributed by atoms with E-state index in [4.69, 9.17) is 0 Å². The van der Waals surface area contributed by atoms with Crippen molar-refractivity contribution >= 4 is 23.6 Å². The van der Waals surface area contributed by atoms with Crippen LogP contribution in [-0.2, 0) is 9.63 Å². The van der Waals surface area contributed by atoms with Crippen LogP contribution in [0.2, 0.25) is 0 Å². The van der Waals surface area contributed by atoms with Crippen molar-refractivity contribution < 1.29 is 27.6 Å². The maximum atomic E-state index is 13.0. The lowest BCUT2D eigenvalue weighted by Gasteiger charge is -2.35. The summed E-state index contributed by atoms with van der Waals surface area (Å²) in [6.07, 6.45) is -3.48. The van der Waals surface area contributed by atoms with Gasteiger partial charge in [-0.3, -0.25) is 4.79 Å². The van der Waals surface area contributed by atoms with Crippen molar-refractivity contribution in [2.75, 3.05) is 24.3 Å². The first-order valence-electron chi connectivity index (χ1n) is 10.9. The van der Waals surface area contributed by atoms with Gasteiger partial charge in [0.2, 0.25) is 5.95 Å². The maximum absolute atomic E-state index is 13.0. The highest BCUT2D eigenvalue weighted by atomic mass is 19.4. The topological polar surface area (TPSA) is 87.7 Å². The molecule has 1 aromatic heterocycles. The standard InChI is InChI=1S/C23H28F3N5O3/c1-14-6-5-7-16(12-14)20(32)31(34-21(33)23(24,25)26)18-10-8-17(9-11-18)28-22-27-15(2)13-19(29-22)30(3)4/h5-7,12-13,17-18H,8-11H2,1-4H3,(H,27,28,29). The van der Waals surface area contributed by atoms with E-state index in [0.717, 1.165) is 17.1 Å². The van der Waals surface area contributed by atoms with Crippen LogP contribution in [0.15, 0.2) is 30.3 Å². The van der Waals surface area contributed by atoms with Crippen LogP contribution in [0.5, 0.6) is 0 Å². The van der Waals surface area contributed by atoms with Crippen molar-refractivity contribution in [2.24, 2.45) is 0 Å². The highest BCUT2D eigenvalue weighted by molar-refractivity contribution is 5.94. The molecule has 0 aliphatic heterocycles. The largest absolute Gasteiger partial charge is 0.493 e. The molecule has 1 fully saturated rings. The number of carbonyl (C=O) groups is 2. The number of hydrogen-bond donors (Lipinski definition) is 1. The van der Waals surface area contributed by atoms with E-state index in [2.05, 4.69) is 20.1 Å². The summed E-state index contributed by atoms with van der Waals surface area (Å²) in [6.45, 7) is 3.62. The second-order valence-electron chi connectivity index (χ2n) is 8.61. The van der Waals surface area contributed by atoms with Gasteiger partial charge in [0.1, 0.15) is 5.82 Å². The lowest BCUT2D eigenvalue weighted by molar-refractivity contribution is -0.235. The molecule has 2 aromatic rings. The van der Waals surface area contributed by atoms with E-state index in [1.54, 1.807) is 25.1 Å². The number of anilines is 2. The molecule has 0 unspecified atom stereocenters. The van der Waals surface area contributed by atoms with Crippen LogP contribution in [0.4, 0.5) is 24.9 Å². The highest BCUT2D eigenvalue weighted by Crippen LogP contribution is 2.28. The van der Waals surface area contributed by atoms with Gasteiger partial charge in [-0.05, 0) is 51.7 Å². The summed E-state index contributed by atoms with van der Waals surface area (Å²) < 4.78 is 38.7. The molecule has 0 radical (unpaired) electrons. The second kappa shape index (κ2) is 10.3. The van der Waals surface area contributed by atoms with E-state index in [1.807, 2.05) is 32.0 Å². The zero-order chi connectivity index (χ0) is 25.0. The molecule has 0 atom stereocenters. The first-order chi connectivity index (χ1) is 15.9. The Bertz CT molecular complexity index is 1040. The van der Waals surface area contributed by atoms with Gasteiger partial charge >= 0.3 is 12.1 Å². The zero-order valence-corrected chi connectivity index (χ0v) is 19.5. The third kappa shape index (κ3) is 6.36. The van der Waals surface area contributed by atoms with Gasteiger partial charge in [0, 0.05) is 37.5 Å². The quantitative estimate of drug-likeness (QED) is 0.648. The van der Waals surface area contributed by atoms with Crippen LogP contribution in [0.1, 0.15) is 47.3 Å². The first-order valence-corrected chi connectivity index (χ1v) is 10.9. The molecule has 34 heavy (non-hydrogen) atoms. The summed E-state index contributed by atoms with van der Waals surface area (Å²) in [5.74, 6) is -1.99. The average molecular weight is 480 g/mol. The van der Waals surface area contributed by atoms with Crippen LogP contribution in [0, 0.1) is 13.8 Å². The lowest BCUT2D eigenvalue weighted by Crippen LogP contribution is -2.47. The number of rotatable bonds is 5. The molecule has 1 aliphatic carbocycles. The predicted octanol–water partition coefficient (Wildman–Crippen LogP) is 4.05. The van der Waals surface area contributed by atoms with Gasteiger partial charge in [-0.15, -0.1) is 0 Å². The Kier molecular flexibility index (Phi) is 7.63. The molecular formula is C23H28F3N5O3. The number of benzene rings is 1. The molecule has 1 aromatic carbocycles. The Hall–Kier alpha value is -3.37. The number of halogens is 3. The number of aromatic nitrogens is 2. The summed E-state index contributed by atoms with van der Waals surface area (Å²) >= 11 is 0. The smallest absolute Gasteiger partial charge is 0.363 e. The van der Waals surface area contributed by atoms with Crippen molar-refractivity contribution in [3.05, 3.63) is 47.2 Å². The van der Waals surface area contributed by atoms with Crippen molar-refractivity contribution in [2.45, 2.75) is 57.8 Å². The molecule has 11 heteroatoms. The highest BCUT2D eigenvalue weighted by Gasteiger charge is 2.45. The lowest BCUT2D eigenvalue weighted by atomic mass is 9.90. The molecule has 1 aliphatic rings. The Labute approximate surface area is 196 Å². The van der Waals surface area contributed by atoms with Gasteiger partial charge in [-0.25, -0.2) is 9.78 Å². The minimum atomic E-state index is -5.21. The average Bonchev–Trinajstić information content (AvgIpc) is 2.76. The van der Waals surface area contributed by atoms with Gasteiger partial charge < -0.3 is 15.1 Å². The molecule has 0 spiro atoms. The fourth-order valence-electron chi connectivity index (χ4n) is 3.81. The number of hydroxylamine groups is 2. The molecule has 1 heterocycles. The Morgan fingerprint density at radius 1 is 1.06 bits per heavy atom. The van der Waals surface area contributed by atoms with Crippen LogP contribution < -0.4 is 10.2 Å². The first kappa shape index (κ1) is 25.3. The number of amides is 1. The van der Waals surface area contributed by atoms with E-state index >= 15 is 0 Å². The molecule has 1 saturated carbocycles. The van der Waals surface area contributed by atoms with Crippen LogP contribution in [-0.4, -0.2) is 59.3 Å². The monoisotopic (exact) mass is 479 g/mol. The van der Waals surface area contributed by atoms with Gasteiger partial charge in [-0.1, -0.05) is 17.7 Å². The van der Waals surface area contributed by atoms with E-state index in [-0.39, 0.29) is 11.6 Å². The van der Waals surface area contributed by atoms with Crippen LogP contribution in [0.25, 0.3) is 0 Å². The number of aryl methyl sites for hydroxylation is 2. The second-order valence-corrected chi connectivity index (χ2v) is 8.61. The molecule has 1 N–H and O–H groups in total. The minimum absolute atomic E-state index is 0.0395. The summed E-state index contributed by atoms with van der Waals surface area (Å²) in [4.78, 5) is 39.9. The normalized spacial score (nSPS) is 18.2. The van der Waals surface area contributed by atoms with Crippen molar-refractivity contribution in [3.8, 4) is 0 Å². The van der Waals surface area contributed by atoms with Crippen LogP contribution >= 0.6 is 0 Å². The summed E-state index contributed by atoms with van der Waals surface area (Å²) in [6, 6.07) is 7.53. The summed E-state index contributed by atoms with van der Waals surface area (Å²) in [5, 5.41) is 3.86. The van der Waals surface area contributed by atoms with E-state index in [9.17, 15) is 22.8 Å². The summed E-state index contributed by atoms with van der Waals surface area (Å²) in [5.41, 5.74) is 1.71.